The van der Waals surface area contributed by atoms with E-state index in [0.717, 1.165) is 17.7 Å². The topological polar surface area (TPSA) is 24.9 Å². The predicted octanol–water partition coefficient (Wildman–Crippen LogP) is 4.51. The van der Waals surface area contributed by atoms with Crippen molar-refractivity contribution < 1.29 is 0 Å². The highest BCUT2D eigenvalue weighted by Crippen LogP contribution is 2.26. The number of hydrogen-bond acceptors (Lipinski definition) is 2. The number of nitrogens with one attached hydrogen (secondary N) is 1. The fourth-order valence-corrected chi connectivity index (χ4v) is 2.65. The Hall–Kier alpha value is -1.09. The number of benzene rings is 1. The van der Waals surface area contributed by atoms with E-state index in [9.17, 15) is 0 Å². The summed E-state index contributed by atoms with van der Waals surface area (Å²) in [5.41, 5.74) is 4.59. The molecule has 0 aliphatic rings. The van der Waals surface area contributed by atoms with Crippen LogP contribution in [-0.4, -0.2) is 12.0 Å². The SMILES string of the molecule is CNC(Cc1ccc(Cl)c(Cl)c1)c1ncc(C)cc1C. The summed E-state index contributed by atoms with van der Waals surface area (Å²) in [6.07, 6.45) is 2.73. The van der Waals surface area contributed by atoms with Crippen molar-refractivity contribution >= 4 is 23.2 Å². The van der Waals surface area contributed by atoms with E-state index >= 15 is 0 Å². The first-order valence-electron chi connectivity index (χ1n) is 6.55. The minimum absolute atomic E-state index is 0.160. The van der Waals surface area contributed by atoms with Gasteiger partial charge < -0.3 is 5.32 Å². The maximum absolute atomic E-state index is 6.07. The van der Waals surface area contributed by atoms with Crippen LogP contribution in [0, 0.1) is 13.8 Å². The highest BCUT2D eigenvalue weighted by Gasteiger charge is 2.14. The van der Waals surface area contributed by atoms with Crippen molar-refractivity contribution in [3.63, 3.8) is 0 Å². The lowest BCUT2D eigenvalue weighted by molar-refractivity contribution is 0.572. The molecule has 1 N–H and O–H groups in total. The molecule has 1 heterocycles. The summed E-state index contributed by atoms with van der Waals surface area (Å²) in [6.45, 7) is 4.14. The zero-order valence-electron chi connectivity index (χ0n) is 11.9. The van der Waals surface area contributed by atoms with Gasteiger partial charge in [-0.15, -0.1) is 0 Å². The van der Waals surface area contributed by atoms with E-state index in [0.29, 0.717) is 10.0 Å². The third kappa shape index (κ3) is 3.51. The molecule has 1 atom stereocenters. The van der Waals surface area contributed by atoms with Crippen molar-refractivity contribution in [1.82, 2.24) is 10.3 Å². The molecule has 1 aromatic carbocycles. The van der Waals surface area contributed by atoms with E-state index < -0.39 is 0 Å². The maximum atomic E-state index is 6.07. The van der Waals surface area contributed by atoms with Crippen LogP contribution in [0.5, 0.6) is 0 Å². The largest absolute Gasteiger partial charge is 0.311 e. The maximum Gasteiger partial charge on any atom is 0.0605 e. The first-order valence-corrected chi connectivity index (χ1v) is 7.31. The summed E-state index contributed by atoms with van der Waals surface area (Å²) in [5.74, 6) is 0. The second-order valence-corrected chi connectivity index (χ2v) is 5.82. The number of likely N-dealkylation sites (N-methyl/N-ethyl adjacent to an activating group) is 1. The molecule has 1 unspecified atom stereocenters. The number of nitrogens with zero attached hydrogens (tertiary/aromatic N) is 1. The molecule has 0 bridgehead atoms. The average molecular weight is 309 g/mol. The van der Waals surface area contributed by atoms with Crippen LogP contribution in [0.25, 0.3) is 0 Å². The van der Waals surface area contributed by atoms with Crippen molar-refractivity contribution in [2.24, 2.45) is 0 Å². The standard InChI is InChI=1S/C16H18Cl2N2/c1-10-6-11(2)16(20-9-10)15(19-3)8-12-4-5-13(17)14(18)7-12/h4-7,9,15,19H,8H2,1-3H3. The van der Waals surface area contributed by atoms with E-state index in [1.165, 1.54) is 11.1 Å². The van der Waals surface area contributed by atoms with Gasteiger partial charge in [-0.2, -0.15) is 0 Å². The summed E-state index contributed by atoms with van der Waals surface area (Å²) in [6, 6.07) is 8.07. The molecule has 106 valence electrons. The fourth-order valence-electron chi connectivity index (χ4n) is 2.33. The lowest BCUT2D eigenvalue weighted by Crippen LogP contribution is -2.21. The number of hydrogen-bond donors (Lipinski definition) is 1. The van der Waals surface area contributed by atoms with Crippen molar-refractivity contribution in [1.29, 1.82) is 0 Å². The van der Waals surface area contributed by atoms with Crippen LogP contribution >= 0.6 is 23.2 Å². The second kappa shape index (κ2) is 6.57. The number of aromatic nitrogens is 1. The van der Waals surface area contributed by atoms with E-state index in [1.807, 2.05) is 31.4 Å². The van der Waals surface area contributed by atoms with E-state index in [4.69, 9.17) is 23.2 Å². The van der Waals surface area contributed by atoms with Crippen LogP contribution in [0.4, 0.5) is 0 Å². The summed E-state index contributed by atoms with van der Waals surface area (Å²) in [5, 5.41) is 4.50. The van der Waals surface area contributed by atoms with Crippen LogP contribution in [0.15, 0.2) is 30.5 Å². The summed E-state index contributed by atoms with van der Waals surface area (Å²) in [4.78, 5) is 4.56. The molecular formula is C16H18Cl2N2. The van der Waals surface area contributed by atoms with Crippen LogP contribution in [0.3, 0.4) is 0 Å². The van der Waals surface area contributed by atoms with Gasteiger partial charge in [0.1, 0.15) is 0 Å². The van der Waals surface area contributed by atoms with Gasteiger partial charge in [0.25, 0.3) is 0 Å². The third-order valence-electron chi connectivity index (χ3n) is 3.36. The average Bonchev–Trinajstić information content (AvgIpc) is 2.41. The monoisotopic (exact) mass is 308 g/mol. The lowest BCUT2D eigenvalue weighted by Gasteiger charge is -2.18. The van der Waals surface area contributed by atoms with Crippen LogP contribution in [-0.2, 0) is 6.42 Å². The first-order chi connectivity index (χ1) is 9.51. The van der Waals surface area contributed by atoms with Gasteiger partial charge >= 0.3 is 0 Å². The smallest absolute Gasteiger partial charge is 0.0605 e. The number of halogens is 2. The molecule has 20 heavy (non-hydrogen) atoms. The quantitative estimate of drug-likeness (QED) is 0.899. The number of pyridine rings is 1. The van der Waals surface area contributed by atoms with Gasteiger partial charge in [-0.1, -0.05) is 35.3 Å². The van der Waals surface area contributed by atoms with Gasteiger partial charge in [0.15, 0.2) is 0 Å². The Morgan fingerprint density at radius 3 is 2.50 bits per heavy atom. The molecular weight excluding hydrogens is 291 g/mol. The van der Waals surface area contributed by atoms with E-state index in [-0.39, 0.29) is 6.04 Å². The van der Waals surface area contributed by atoms with Crippen LogP contribution in [0.1, 0.15) is 28.4 Å². The van der Waals surface area contributed by atoms with Gasteiger partial charge in [-0.05, 0) is 56.1 Å². The molecule has 0 saturated heterocycles. The van der Waals surface area contributed by atoms with E-state index in [2.05, 4.69) is 30.2 Å². The molecule has 0 radical (unpaired) electrons. The van der Waals surface area contributed by atoms with Crippen LogP contribution in [0.2, 0.25) is 10.0 Å². The summed E-state index contributed by atoms with van der Waals surface area (Å²) >= 11 is 12.0. The fraction of sp³-hybridized carbons (Fsp3) is 0.312. The Morgan fingerprint density at radius 2 is 1.90 bits per heavy atom. The predicted molar refractivity (Wildman–Crippen MR) is 85.7 cm³/mol. The van der Waals surface area contributed by atoms with Crippen molar-refractivity contribution in [3.05, 3.63) is 62.9 Å². The molecule has 0 saturated carbocycles. The molecule has 1 aromatic heterocycles. The molecule has 0 fully saturated rings. The van der Waals surface area contributed by atoms with Gasteiger partial charge in [-0.25, -0.2) is 0 Å². The Balaban J connectivity index is 2.26. The molecule has 0 aliphatic heterocycles. The van der Waals surface area contributed by atoms with E-state index in [1.54, 1.807) is 0 Å². The van der Waals surface area contributed by atoms with Gasteiger partial charge in [0, 0.05) is 6.20 Å². The van der Waals surface area contributed by atoms with Crippen molar-refractivity contribution in [2.45, 2.75) is 26.3 Å². The van der Waals surface area contributed by atoms with Gasteiger partial charge in [0.2, 0.25) is 0 Å². The molecule has 2 aromatic rings. The minimum atomic E-state index is 0.160. The molecule has 0 amide bonds. The number of aryl methyl sites for hydroxylation is 2. The third-order valence-corrected chi connectivity index (χ3v) is 4.10. The highest BCUT2D eigenvalue weighted by atomic mass is 35.5. The zero-order chi connectivity index (χ0) is 14.7. The van der Waals surface area contributed by atoms with Crippen molar-refractivity contribution in [3.8, 4) is 0 Å². The zero-order valence-corrected chi connectivity index (χ0v) is 13.4. The number of rotatable bonds is 4. The normalized spacial score (nSPS) is 12.4. The lowest BCUT2D eigenvalue weighted by atomic mass is 9.99. The summed E-state index contributed by atoms with van der Waals surface area (Å²) in [7, 11) is 1.95. The first kappa shape index (κ1) is 15.3. The van der Waals surface area contributed by atoms with Gasteiger partial charge in [-0.3, -0.25) is 4.98 Å². The summed E-state index contributed by atoms with van der Waals surface area (Å²) < 4.78 is 0. The minimum Gasteiger partial charge on any atom is -0.311 e. The Bertz CT molecular complexity index is 611. The van der Waals surface area contributed by atoms with Crippen LogP contribution < -0.4 is 5.32 Å². The molecule has 2 rings (SSSR count). The molecule has 4 heteroatoms. The van der Waals surface area contributed by atoms with Crippen molar-refractivity contribution in [2.75, 3.05) is 7.05 Å². The molecule has 0 aliphatic carbocycles. The Morgan fingerprint density at radius 1 is 1.15 bits per heavy atom. The Kier molecular flexibility index (Phi) is 5.03. The van der Waals surface area contributed by atoms with Gasteiger partial charge in [0.05, 0.1) is 21.8 Å². The molecule has 0 spiro atoms. The second-order valence-electron chi connectivity index (χ2n) is 5.01. The molecule has 2 nitrogen and oxygen atoms in total. The highest BCUT2D eigenvalue weighted by molar-refractivity contribution is 6.42. The Labute approximate surface area is 130 Å².